The van der Waals surface area contributed by atoms with E-state index in [9.17, 15) is 14.7 Å². The number of carbonyl (C=O) groups is 2. The Morgan fingerprint density at radius 1 is 1.38 bits per heavy atom. The van der Waals surface area contributed by atoms with Crippen LogP contribution in [0.25, 0.3) is 0 Å². The smallest absolute Gasteiger partial charge is 0.251 e. The van der Waals surface area contributed by atoms with Crippen LogP contribution in [0.1, 0.15) is 54.3 Å². The predicted octanol–water partition coefficient (Wildman–Crippen LogP) is 2.28. The minimum atomic E-state index is -0.247. The van der Waals surface area contributed by atoms with Crippen LogP contribution < -0.4 is 5.32 Å². The van der Waals surface area contributed by atoms with Crippen molar-refractivity contribution in [2.45, 2.75) is 45.3 Å². The molecule has 1 aromatic rings. The largest absolute Gasteiger partial charge is 0.507 e. The number of phenols is 1. The lowest BCUT2D eigenvalue weighted by Gasteiger charge is -2.35. The molecule has 5 nitrogen and oxygen atoms in total. The summed E-state index contributed by atoms with van der Waals surface area (Å²) >= 11 is 0. The summed E-state index contributed by atoms with van der Waals surface area (Å²) < 4.78 is 5.62. The van der Waals surface area contributed by atoms with E-state index in [0.717, 1.165) is 12.8 Å². The molecule has 0 saturated carbocycles. The summed E-state index contributed by atoms with van der Waals surface area (Å²) in [5.41, 5.74) is 0.331. The molecule has 0 bridgehead atoms. The lowest BCUT2D eigenvalue weighted by atomic mass is 9.93. The van der Waals surface area contributed by atoms with E-state index in [1.54, 1.807) is 6.07 Å². The molecule has 1 fully saturated rings. The van der Waals surface area contributed by atoms with Crippen LogP contribution in [0.15, 0.2) is 18.2 Å². The molecule has 0 radical (unpaired) electrons. The lowest BCUT2D eigenvalue weighted by Crippen LogP contribution is -2.45. The van der Waals surface area contributed by atoms with E-state index in [-0.39, 0.29) is 34.6 Å². The van der Waals surface area contributed by atoms with Crippen molar-refractivity contribution in [1.29, 1.82) is 0 Å². The molecule has 2 N–H and O–H groups in total. The molecule has 1 amide bonds. The molecule has 1 atom stereocenters. The molecule has 5 heteroatoms. The molecule has 1 aliphatic rings. The van der Waals surface area contributed by atoms with Gasteiger partial charge in [-0.15, -0.1) is 0 Å². The van der Waals surface area contributed by atoms with Gasteiger partial charge in [0.05, 0.1) is 11.2 Å². The molecule has 1 aromatic carbocycles. The van der Waals surface area contributed by atoms with Crippen LogP contribution in [0.4, 0.5) is 0 Å². The Hall–Kier alpha value is -1.88. The lowest BCUT2D eigenvalue weighted by molar-refractivity contribution is -0.0615. The van der Waals surface area contributed by atoms with Gasteiger partial charge in [0.2, 0.25) is 0 Å². The second kappa shape index (κ2) is 5.85. The van der Waals surface area contributed by atoms with E-state index in [1.165, 1.54) is 19.1 Å². The zero-order valence-electron chi connectivity index (χ0n) is 12.6. The van der Waals surface area contributed by atoms with E-state index in [4.69, 9.17) is 4.74 Å². The summed E-state index contributed by atoms with van der Waals surface area (Å²) in [7, 11) is 0. The fourth-order valence-corrected chi connectivity index (χ4v) is 2.59. The monoisotopic (exact) mass is 291 g/mol. The highest BCUT2D eigenvalue weighted by molar-refractivity contribution is 6.00. The van der Waals surface area contributed by atoms with Crippen LogP contribution >= 0.6 is 0 Å². The number of hydrogen-bond acceptors (Lipinski definition) is 4. The van der Waals surface area contributed by atoms with Crippen molar-refractivity contribution in [2.24, 2.45) is 0 Å². The van der Waals surface area contributed by atoms with Gasteiger partial charge in [0.25, 0.3) is 5.91 Å². The number of phenolic OH excluding ortho intramolecular Hbond substituents is 1. The van der Waals surface area contributed by atoms with Crippen molar-refractivity contribution in [1.82, 2.24) is 5.32 Å². The van der Waals surface area contributed by atoms with Crippen molar-refractivity contribution >= 4 is 11.7 Å². The van der Waals surface area contributed by atoms with Gasteiger partial charge in [0.1, 0.15) is 5.75 Å². The standard InChI is InChI=1S/C16H21NO4/c1-10(18)13-5-4-11(8-14(13)19)15(20)17-12-6-7-21-16(2,3)9-12/h4-5,8,12,19H,6-7,9H2,1-3H3,(H,17,20). The van der Waals surface area contributed by atoms with Crippen LogP contribution in [-0.4, -0.2) is 35.0 Å². The summed E-state index contributed by atoms with van der Waals surface area (Å²) in [6.07, 6.45) is 1.52. The minimum absolute atomic E-state index is 0.0517. The summed E-state index contributed by atoms with van der Waals surface area (Å²) in [4.78, 5) is 23.5. The van der Waals surface area contributed by atoms with Gasteiger partial charge in [-0.05, 0) is 51.8 Å². The Kier molecular flexibility index (Phi) is 4.32. The summed E-state index contributed by atoms with van der Waals surface area (Å²) in [5.74, 6) is -0.642. The third-order valence-corrected chi connectivity index (χ3v) is 3.67. The molecule has 0 spiro atoms. The maximum absolute atomic E-state index is 12.2. The first-order valence-corrected chi connectivity index (χ1v) is 7.07. The fraction of sp³-hybridized carbons (Fsp3) is 0.500. The second-order valence-corrected chi connectivity index (χ2v) is 6.06. The predicted molar refractivity (Wildman–Crippen MR) is 78.6 cm³/mol. The molecule has 1 aliphatic heterocycles. The number of aromatic hydroxyl groups is 1. The van der Waals surface area contributed by atoms with Crippen LogP contribution in [0.3, 0.4) is 0 Å². The van der Waals surface area contributed by atoms with Gasteiger partial charge >= 0.3 is 0 Å². The average Bonchev–Trinajstić information content (AvgIpc) is 2.36. The highest BCUT2D eigenvalue weighted by Gasteiger charge is 2.29. The van der Waals surface area contributed by atoms with Gasteiger partial charge in [0, 0.05) is 18.2 Å². The van der Waals surface area contributed by atoms with Crippen molar-refractivity contribution in [3.8, 4) is 5.75 Å². The number of nitrogens with one attached hydrogen (secondary N) is 1. The van der Waals surface area contributed by atoms with Crippen LogP contribution in [0.5, 0.6) is 5.75 Å². The molecule has 1 heterocycles. The van der Waals surface area contributed by atoms with Crippen molar-refractivity contribution in [3.63, 3.8) is 0 Å². The maximum Gasteiger partial charge on any atom is 0.251 e. The summed E-state index contributed by atoms with van der Waals surface area (Å²) in [6, 6.07) is 4.41. The third kappa shape index (κ3) is 3.82. The Labute approximate surface area is 124 Å². The van der Waals surface area contributed by atoms with Gasteiger partial charge in [0.15, 0.2) is 5.78 Å². The van der Waals surface area contributed by atoms with Crippen molar-refractivity contribution in [3.05, 3.63) is 29.3 Å². The molecule has 1 saturated heterocycles. The maximum atomic E-state index is 12.2. The normalized spacial score (nSPS) is 20.8. The Morgan fingerprint density at radius 2 is 2.10 bits per heavy atom. The van der Waals surface area contributed by atoms with Gasteiger partial charge in [-0.3, -0.25) is 9.59 Å². The van der Waals surface area contributed by atoms with Gasteiger partial charge in [-0.2, -0.15) is 0 Å². The zero-order chi connectivity index (χ0) is 15.6. The first-order valence-electron chi connectivity index (χ1n) is 7.07. The molecule has 0 aromatic heterocycles. The van der Waals surface area contributed by atoms with Crippen LogP contribution in [-0.2, 0) is 4.74 Å². The summed E-state index contributed by atoms with van der Waals surface area (Å²) in [5, 5.41) is 12.7. The number of ether oxygens (including phenoxy) is 1. The number of amides is 1. The Balaban J connectivity index is 2.07. The molecule has 2 rings (SSSR count). The van der Waals surface area contributed by atoms with Crippen molar-refractivity contribution in [2.75, 3.05) is 6.61 Å². The van der Waals surface area contributed by atoms with E-state index in [1.807, 2.05) is 13.8 Å². The second-order valence-electron chi connectivity index (χ2n) is 6.06. The van der Waals surface area contributed by atoms with Gasteiger partial charge < -0.3 is 15.2 Å². The van der Waals surface area contributed by atoms with Gasteiger partial charge in [-0.1, -0.05) is 0 Å². The number of ketones is 1. The highest BCUT2D eigenvalue weighted by atomic mass is 16.5. The molecule has 1 unspecified atom stereocenters. The third-order valence-electron chi connectivity index (χ3n) is 3.67. The van der Waals surface area contributed by atoms with Crippen molar-refractivity contribution < 1.29 is 19.4 Å². The molecular weight excluding hydrogens is 270 g/mol. The molecular formula is C16H21NO4. The molecule has 0 aliphatic carbocycles. The summed E-state index contributed by atoms with van der Waals surface area (Å²) in [6.45, 7) is 5.99. The number of rotatable bonds is 3. The van der Waals surface area contributed by atoms with E-state index >= 15 is 0 Å². The number of carbonyl (C=O) groups excluding carboxylic acids is 2. The number of benzene rings is 1. The number of hydrogen-bond donors (Lipinski definition) is 2. The zero-order valence-corrected chi connectivity index (χ0v) is 12.6. The van der Waals surface area contributed by atoms with Crippen LogP contribution in [0, 0.1) is 0 Å². The van der Waals surface area contributed by atoms with Gasteiger partial charge in [-0.25, -0.2) is 0 Å². The highest BCUT2D eigenvalue weighted by Crippen LogP contribution is 2.24. The Bertz CT molecular complexity index is 565. The average molecular weight is 291 g/mol. The van der Waals surface area contributed by atoms with E-state index in [2.05, 4.69) is 5.32 Å². The molecule has 21 heavy (non-hydrogen) atoms. The first kappa shape index (κ1) is 15.5. The topological polar surface area (TPSA) is 75.6 Å². The quantitative estimate of drug-likeness (QED) is 0.838. The van der Waals surface area contributed by atoms with Crippen LogP contribution in [0.2, 0.25) is 0 Å². The van der Waals surface area contributed by atoms with E-state index < -0.39 is 0 Å². The molecule has 114 valence electrons. The SMILES string of the molecule is CC(=O)c1ccc(C(=O)NC2CCOC(C)(C)C2)cc1O. The minimum Gasteiger partial charge on any atom is -0.507 e. The Morgan fingerprint density at radius 3 is 2.67 bits per heavy atom. The first-order chi connectivity index (χ1) is 9.78. The number of Topliss-reactive ketones (excluding diaryl/α,β-unsaturated/α-hetero) is 1. The van der Waals surface area contributed by atoms with E-state index in [0.29, 0.717) is 12.2 Å². The fourth-order valence-electron chi connectivity index (χ4n) is 2.59.